The van der Waals surface area contributed by atoms with Crippen molar-refractivity contribution in [3.05, 3.63) is 0 Å². The summed E-state index contributed by atoms with van der Waals surface area (Å²) in [6, 6.07) is 0. The normalized spacial score (nSPS) is 13.1. The second-order valence-corrected chi connectivity index (χ2v) is 6.46. The number of nitrogens with one attached hydrogen (secondary N) is 1. The summed E-state index contributed by atoms with van der Waals surface area (Å²) < 4.78 is 21.4. The minimum atomic E-state index is -3.33. The van der Waals surface area contributed by atoms with Crippen molar-refractivity contribution in [1.29, 1.82) is 0 Å². The Morgan fingerprint density at radius 1 is 1.13 bits per heavy atom. The molecule has 5 heteroatoms. The van der Waals surface area contributed by atoms with Crippen LogP contribution in [0.3, 0.4) is 0 Å². The van der Waals surface area contributed by atoms with Gasteiger partial charge in [-0.3, -0.25) is 0 Å². The molecule has 0 heterocycles. The monoisotopic (exact) mass is 236 g/mol. The summed E-state index contributed by atoms with van der Waals surface area (Å²) in [5.74, 6) is 1.79. The standard InChI is InChI=1S/C10H24N2O2S/c1-8(2)10(9(3)4)7-12-5-6-15(11,13)14/h8-10,12H,5-7H2,1-4H3,(H2,11,13,14). The van der Waals surface area contributed by atoms with Gasteiger partial charge in [-0.15, -0.1) is 0 Å². The molecular formula is C10H24N2O2S. The average molecular weight is 236 g/mol. The van der Waals surface area contributed by atoms with Crippen molar-refractivity contribution >= 4 is 10.0 Å². The van der Waals surface area contributed by atoms with E-state index >= 15 is 0 Å². The van der Waals surface area contributed by atoms with Gasteiger partial charge in [-0.25, -0.2) is 13.6 Å². The largest absolute Gasteiger partial charge is 0.315 e. The van der Waals surface area contributed by atoms with Gasteiger partial charge in [0.25, 0.3) is 0 Å². The van der Waals surface area contributed by atoms with Crippen LogP contribution in [0.4, 0.5) is 0 Å². The van der Waals surface area contributed by atoms with Gasteiger partial charge in [-0.05, 0) is 24.3 Å². The van der Waals surface area contributed by atoms with Gasteiger partial charge in [-0.1, -0.05) is 27.7 Å². The first-order valence-corrected chi connectivity index (χ1v) is 7.16. The molecule has 0 amide bonds. The molecule has 0 aliphatic heterocycles. The fourth-order valence-electron chi connectivity index (χ4n) is 1.72. The molecule has 3 N–H and O–H groups in total. The van der Waals surface area contributed by atoms with Crippen molar-refractivity contribution in [2.75, 3.05) is 18.8 Å². The molecule has 0 aromatic carbocycles. The molecule has 0 aliphatic carbocycles. The highest BCUT2D eigenvalue weighted by molar-refractivity contribution is 7.89. The smallest absolute Gasteiger partial charge is 0.210 e. The lowest BCUT2D eigenvalue weighted by molar-refractivity contribution is 0.278. The van der Waals surface area contributed by atoms with Crippen LogP contribution in [0.2, 0.25) is 0 Å². The molecule has 0 saturated carbocycles. The zero-order valence-electron chi connectivity index (χ0n) is 10.2. The van der Waals surface area contributed by atoms with Crippen LogP contribution in [0, 0.1) is 17.8 Å². The molecule has 0 atom stereocenters. The Hall–Kier alpha value is -0.130. The SMILES string of the molecule is CC(C)C(CNCCS(N)(=O)=O)C(C)C. The summed E-state index contributed by atoms with van der Waals surface area (Å²) in [6.45, 7) is 10.0. The fourth-order valence-corrected chi connectivity index (χ4v) is 2.15. The van der Waals surface area contributed by atoms with E-state index < -0.39 is 10.0 Å². The Kier molecular flexibility index (Phi) is 6.40. The summed E-state index contributed by atoms with van der Waals surface area (Å²) in [4.78, 5) is 0. The third-order valence-corrected chi connectivity index (χ3v) is 3.43. The van der Waals surface area contributed by atoms with Gasteiger partial charge in [0.05, 0.1) is 5.75 Å². The first kappa shape index (κ1) is 14.9. The third-order valence-electron chi connectivity index (χ3n) is 2.66. The van der Waals surface area contributed by atoms with E-state index in [0.717, 1.165) is 6.54 Å². The van der Waals surface area contributed by atoms with Gasteiger partial charge in [0.15, 0.2) is 0 Å². The van der Waals surface area contributed by atoms with Gasteiger partial charge in [0.2, 0.25) is 10.0 Å². The van der Waals surface area contributed by atoms with E-state index in [0.29, 0.717) is 24.3 Å². The van der Waals surface area contributed by atoms with Crippen LogP contribution in [0.5, 0.6) is 0 Å². The number of nitrogens with two attached hydrogens (primary N) is 1. The molecule has 0 aromatic rings. The van der Waals surface area contributed by atoms with E-state index in [4.69, 9.17) is 5.14 Å². The molecule has 0 fully saturated rings. The van der Waals surface area contributed by atoms with E-state index in [1.807, 2.05) is 0 Å². The molecule has 0 spiro atoms. The maximum atomic E-state index is 10.7. The molecular weight excluding hydrogens is 212 g/mol. The molecule has 0 saturated heterocycles. The lowest BCUT2D eigenvalue weighted by Gasteiger charge is -2.25. The van der Waals surface area contributed by atoms with Crippen LogP contribution in [-0.4, -0.2) is 27.3 Å². The van der Waals surface area contributed by atoms with Crippen LogP contribution in [0.1, 0.15) is 27.7 Å². The predicted octanol–water partition coefficient (Wildman–Crippen LogP) is 0.793. The lowest BCUT2D eigenvalue weighted by Crippen LogP contribution is -2.34. The first-order chi connectivity index (χ1) is 6.74. The predicted molar refractivity (Wildman–Crippen MR) is 64.0 cm³/mol. The van der Waals surface area contributed by atoms with Crippen molar-refractivity contribution in [2.45, 2.75) is 27.7 Å². The number of primary sulfonamides is 1. The number of hydrogen-bond donors (Lipinski definition) is 2. The van der Waals surface area contributed by atoms with Gasteiger partial charge in [0.1, 0.15) is 0 Å². The molecule has 0 bridgehead atoms. The highest BCUT2D eigenvalue weighted by Crippen LogP contribution is 2.19. The van der Waals surface area contributed by atoms with E-state index in [1.54, 1.807) is 0 Å². The minimum absolute atomic E-state index is 0.00983. The molecule has 4 nitrogen and oxygen atoms in total. The van der Waals surface area contributed by atoms with Crippen LogP contribution in [0.25, 0.3) is 0 Å². The molecule has 0 rings (SSSR count). The highest BCUT2D eigenvalue weighted by Gasteiger charge is 2.16. The van der Waals surface area contributed by atoms with Crippen molar-refractivity contribution < 1.29 is 8.42 Å². The summed E-state index contributed by atoms with van der Waals surface area (Å²) in [7, 11) is -3.33. The van der Waals surface area contributed by atoms with Crippen molar-refractivity contribution in [3.63, 3.8) is 0 Å². The summed E-state index contributed by atoms with van der Waals surface area (Å²) in [6.07, 6.45) is 0. The second kappa shape index (κ2) is 6.45. The summed E-state index contributed by atoms with van der Waals surface area (Å²) in [5.41, 5.74) is 0. The molecule has 92 valence electrons. The third kappa shape index (κ3) is 7.76. The van der Waals surface area contributed by atoms with Crippen LogP contribution < -0.4 is 10.5 Å². The number of rotatable bonds is 7. The van der Waals surface area contributed by atoms with Crippen molar-refractivity contribution in [1.82, 2.24) is 5.32 Å². The van der Waals surface area contributed by atoms with Gasteiger partial charge in [0, 0.05) is 6.54 Å². The molecule has 0 aromatic heterocycles. The van der Waals surface area contributed by atoms with Crippen molar-refractivity contribution in [2.24, 2.45) is 22.9 Å². The zero-order valence-corrected chi connectivity index (χ0v) is 11.0. The zero-order chi connectivity index (χ0) is 12.1. The summed E-state index contributed by atoms with van der Waals surface area (Å²) in [5, 5.41) is 8.05. The first-order valence-electron chi connectivity index (χ1n) is 5.45. The summed E-state index contributed by atoms with van der Waals surface area (Å²) >= 11 is 0. The Bertz CT molecular complexity index is 253. The topological polar surface area (TPSA) is 72.2 Å². The van der Waals surface area contributed by atoms with E-state index in [1.165, 1.54) is 0 Å². The Morgan fingerprint density at radius 2 is 1.60 bits per heavy atom. The van der Waals surface area contributed by atoms with Gasteiger partial charge in [-0.2, -0.15) is 0 Å². The maximum absolute atomic E-state index is 10.7. The molecule has 0 aliphatic rings. The number of hydrogen-bond acceptors (Lipinski definition) is 3. The van der Waals surface area contributed by atoms with E-state index in [2.05, 4.69) is 33.0 Å². The van der Waals surface area contributed by atoms with Crippen LogP contribution >= 0.6 is 0 Å². The minimum Gasteiger partial charge on any atom is -0.315 e. The average Bonchev–Trinajstić information content (AvgIpc) is 2.00. The van der Waals surface area contributed by atoms with Gasteiger partial charge < -0.3 is 5.32 Å². The quantitative estimate of drug-likeness (QED) is 0.642. The van der Waals surface area contributed by atoms with E-state index in [9.17, 15) is 8.42 Å². The Labute approximate surface area is 93.7 Å². The maximum Gasteiger partial charge on any atom is 0.210 e. The Morgan fingerprint density at radius 3 is 1.93 bits per heavy atom. The van der Waals surface area contributed by atoms with Crippen LogP contribution in [0.15, 0.2) is 0 Å². The second-order valence-electron chi connectivity index (χ2n) is 4.72. The van der Waals surface area contributed by atoms with Gasteiger partial charge >= 0.3 is 0 Å². The highest BCUT2D eigenvalue weighted by atomic mass is 32.2. The van der Waals surface area contributed by atoms with Crippen LogP contribution in [-0.2, 0) is 10.0 Å². The molecule has 15 heavy (non-hydrogen) atoms. The Balaban J connectivity index is 3.83. The number of sulfonamides is 1. The fraction of sp³-hybridized carbons (Fsp3) is 1.00. The molecule has 0 unspecified atom stereocenters. The lowest BCUT2D eigenvalue weighted by atomic mass is 9.85. The molecule has 0 radical (unpaired) electrons. The van der Waals surface area contributed by atoms with Crippen molar-refractivity contribution in [3.8, 4) is 0 Å². The van der Waals surface area contributed by atoms with E-state index in [-0.39, 0.29) is 5.75 Å².